The molecule has 2 heterocycles. The van der Waals surface area contributed by atoms with Gasteiger partial charge in [-0.1, -0.05) is 13.8 Å². The molecule has 2 aromatic heterocycles. The highest BCUT2D eigenvalue weighted by Gasteiger charge is 2.15. The minimum absolute atomic E-state index is 0.587. The van der Waals surface area contributed by atoms with Gasteiger partial charge < -0.3 is 5.32 Å². The van der Waals surface area contributed by atoms with Crippen molar-refractivity contribution >= 4 is 39.7 Å². The van der Waals surface area contributed by atoms with Gasteiger partial charge in [0.2, 0.25) is 0 Å². The molecule has 0 aliphatic carbocycles. The minimum Gasteiger partial charge on any atom is -0.369 e. The van der Waals surface area contributed by atoms with Crippen LogP contribution in [0.4, 0.5) is 5.82 Å². The summed E-state index contributed by atoms with van der Waals surface area (Å²) in [5.74, 6) is 2.39. The first kappa shape index (κ1) is 15.7. The fraction of sp³-hybridized carbons (Fsp3) is 0.467. The van der Waals surface area contributed by atoms with Crippen molar-refractivity contribution < 1.29 is 0 Å². The molecule has 0 bridgehead atoms. The lowest BCUT2D eigenvalue weighted by Crippen LogP contribution is -2.09. The summed E-state index contributed by atoms with van der Waals surface area (Å²) >= 11 is 4.06. The Labute approximate surface area is 138 Å². The van der Waals surface area contributed by atoms with Crippen LogP contribution < -0.4 is 5.32 Å². The van der Waals surface area contributed by atoms with Crippen LogP contribution in [0.3, 0.4) is 0 Å². The quantitative estimate of drug-likeness (QED) is 0.735. The van der Waals surface area contributed by atoms with Gasteiger partial charge in [0.1, 0.15) is 5.82 Å². The lowest BCUT2D eigenvalue weighted by atomic mass is 10.1. The third-order valence-corrected chi connectivity index (χ3v) is 4.96. The summed E-state index contributed by atoms with van der Waals surface area (Å²) in [5.41, 5.74) is 3.54. The highest BCUT2D eigenvalue weighted by Crippen LogP contribution is 2.29. The molecule has 0 spiro atoms. The maximum Gasteiger partial charge on any atom is 0.162 e. The summed E-state index contributed by atoms with van der Waals surface area (Å²) < 4.78 is 1.15. The van der Waals surface area contributed by atoms with Gasteiger partial charge in [-0.25, -0.2) is 9.97 Å². The van der Waals surface area contributed by atoms with Crippen LogP contribution in [0.1, 0.15) is 32.0 Å². The Balaban J connectivity index is 2.52. The van der Waals surface area contributed by atoms with Crippen molar-refractivity contribution in [2.24, 2.45) is 5.92 Å². The first-order chi connectivity index (χ1) is 9.52. The fourth-order valence-electron chi connectivity index (χ4n) is 2.01. The molecular formula is C15H20IN3S. The average Bonchev–Trinajstić information content (AvgIpc) is 2.80. The molecule has 0 radical (unpaired) electrons. The van der Waals surface area contributed by atoms with Crippen LogP contribution in [0.15, 0.2) is 10.8 Å². The van der Waals surface area contributed by atoms with Gasteiger partial charge in [0.25, 0.3) is 0 Å². The normalized spacial score (nSPS) is 11.1. The lowest BCUT2D eigenvalue weighted by Gasteiger charge is -2.13. The molecule has 0 aliphatic rings. The number of halogens is 1. The van der Waals surface area contributed by atoms with Gasteiger partial charge in [-0.15, -0.1) is 0 Å². The second-order valence-electron chi connectivity index (χ2n) is 5.25. The van der Waals surface area contributed by atoms with Crippen LogP contribution in [0.5, 0.6) is 0 Å². The van der Waals surface area contributed by atoms with Crippen molar-refractivity contribution in [2.75, 3.05) is 11.9 Å². The number of thiophene rings is 1. The monoisotopic (exact) mass is 401 g/mol. The molecule has 0 amide bonds. The Morgan fingerprint density at radius 1 is 1.30 bits per heavy atom. The Bertz CT molecular complexity index is 593. The summed E-state index contributed by atoms with van der Waals surface area (Å²) in [6.45, 7) is 9.52. The number of nitrogens with one attached hydrogen (secondary N) is 1. The van der Waals surface area contributed by atoms with Crippen molar-refractivity contribution in [3.8, 4) is 11.4 Å². The van der Waals surface area contributed by atoms with Gasteiger partial charge in [0.15, 0.2) is 5.82 Å². The van der Waals surface area contributed by atoms with Gasteiger partial charge in [-0.3, -0.25) is 0 Å². The van der Waals surface area contributed by atoms with E-state index in [1.54, 1.807) is 11.3 Å². The SMILES string of the molecule is CCNc1nc(-c2cscc2C)nc(CC(C)C)c1I. The third-order valence-electron chi connectivity index (χ3n) is 2.96. The molecule has 5 heteroatoms. The van der Waals surface area contributed by atoms with Crippen molar-refractivity contribution in [3.63, 3.8) is 0 Å². The summed E-state index contributed by atoms with van der Waals surface area (Å²) in [6, 6.07) is 0. The van der Waals surface area contributed by atoms with Gasteiger partial charge in [-0.05, 0) is 59.7 Å². The zero-order valence-corrected chi connectivity index (χ0v) is 15.3. The minimum atomic E-state index is 0.587. The Morgan fingerprint density at radius 2 is 2.05 bits per heavy atom. The molecule has 0 aliphatic heterocycles. The molecule has 108 valence electrons. The molecule has 3 nitrogen and oxygen atoms in total. The average molecular weight is 401 g/mol. The van der Waals surface area contributed by atoms with Crippen LogP contribution in [0.2, 0.25) is 0 Å². The molecule has 0 atom stereocenters. The molecule has 0 fully saturated rings. The van der Waals surface area contributed by atoms with Crippen molar-refractivity contribution in [1.82, 2.24) is 9.97 Å². The molecule has 1 N–H and O–H groups in total. The third kappa shape index (κ3) is 3.49. The first-order valence-corrected chi connectivity index (χ1v) is 8.88. The van der Waals surface area contributed by atoms with Crippen LogP contribution in [0, 0.1) is 16.4 Å². The highest BCUT2D eigenvalue weighted by atomic mass is 127. The van der Waals surface area contributed by atoms with E-state index in [2.05, 4.69) is 66.4 Å². The van der Waals surface area contributed by atoms with E-state index in [0.717, 1.165) is 39.4 Å². The fourth-order valence-corrected chi connectivity index (χ4v) is 3.49. The molecule has 20 heavy (non-hydrogen) atoms. The van der Waals surface area contributed by atoms with Crippen molar-refractivity contribution in [1.29, 1.82) is 0 Å². The van der Waals surface area contributed by atoms with E-state index in [-0.39, 0.29) is 0 Å². The summed E-state index contributed by atoms with van der Waals surface area (Å²) in [4.78, 5) is 9.52. The standard InChI is InChI=1S/C15H20IN3S/c1-5-17-15-13(16)12(6-9(2)3)18-14(19-15)11-8-20-7-10(11)4/h7-9H,5-6H2,1-4H3,(H,17,18,19). The molecule has 0 saturated heterocycles. The molecular weight excluding hydrogens is 381 g/mol. The number of nitrogens with zero attached hydrogens (tertiary/aromatic N) is 2. The van der Waals surface area contributed by atoms with Crippen LogP contribution in [-0.2, 0) is 6.42 Å². The zero-order chi connectivity index (χ0) is 14.7. The predicted molar refractivity (Wildman–Crippen MR) is 95.5 cm³/mol. The van der Waals surface area contributed by atoms with E-state index in [4.69, 9.17) is 9.97 Å². The molecule has 0 saturated carbocycles. The van der Waals surface area contributed by atoms with Gasteiger partial charge in [0.05, 0.1) is 9.26 Å². The Kier molecular flexibility index (Phi) is 5.37. The number of aryl methyl sites for hydroxylation is 1. The second kappa shape index (κ2) is 6.85. The van der Waals surface area contributed by atoms with Crippen molar-refractivity contribution in [2.45, 2.75) is 34.1 Å². The molecule has 0 unspecified atom stereocenters. The number of rotatable bonds is 5. The van der Waals surface area contributed by atoms with E-state index in [0.29, 0.717) is 5.92 Å². The van der Waals surface area contributed by atoms with Crippen molar-refractivity contribution in [3.05, 3.63) is 25.6 Å². The van der Waals surface area contributed by atoms with Gasteiger partial charge in [-0.2, -0.15) is 11.3 Å². The topological polar surface area (TPSA) is 37.8 Å². The van der Waals surface area contributed by atoms with E-state index in [9.17, 15) is 0 Å². The van der Waals surface area contributed by atoms with E-state index < -0.39 is 0 Å². The summed E-state index contributed by atoms with van der Waals surface area (Å²) in [5, 5.41) is 7.63. The van der Waals surface area contributed by atoms with Crippen LogP contribution in [0.25, 0.3) is 11.4 Å². The van der Waals surface area contributed by atoms with Gasteiger partial charge in [0, 0.05) is 17.5 Å². The zero-order valence-electron chi connectivity index (χ0n) is 12.3. The smallest absolute Gasteiger partial charge is 0.162 e. The number of anilines is 1. The lowest BCUT2D eigenvalue weighted by molar-refractivity contribution is 0.632. The maximum atomic E-state index is 4.81. The first-order valence-electron chi connectivity index (χ1n) is 6.86. The number of aromatic nitrogens is 2. The second-order valence-corrected chi connectivity index (χ2v) is 7.08. The largest absolute Gasteiger partial charge is 0.369 e. The van der Waals surface area contributed by atoms with E-state index >= 15 is 0 Å². The summed E-state index contributed by atoms with van der Waals surface area (Å²) in [6.07, 6.45) is 0.982. The van der Waals surface area contributed by atoms with Crippen LogP contribution >= 0.6 is 33.9 Å². The maximum absolute atomic E-state index is 4.81. The van der Waals surface area contributed by atoms with E-state index in [1.165, 1.54) is 5.56 Å². The predicted octanol–water partition coefficient (Wildman–Crippen LogP) is 4.75. The van der Waals surface area contributed by atoms with E-state index in [1.807, 2.05) is 0 Å². The van der Waals surface area contributed by atoms with Gasteiger partial charge >= 0.3 is 0 Å². The molecule has 0 aromatic carbocycles. The Hall–Kier alpha value is -0.690. The molecule has 2 aromatic rings. The number of hydrogen-bond acceptors (Lipinski definition) is 4. The summed E-state index contributed by atoms with van der Waals surface area (Å²) in [7, 11) is 0. The van der Waals surface area contributed by atoms with Crippen LogP contribution in [-0.4, -0.2) is 16.5 Å². The Morgan fingerprint density at radius 3 is 2.60 bits per heavy atom. The number of hydrogen-bond donors (Lipinski definition) is 1. The molecule has 2 rings (SSSR count). The highest BCUT2D eigenvalue weighted by molar-refractivity contribution is 14.1.